The van der Waals surface area contributed by atoms with Crippen LogP contribution in [0.4, 0.5) is 0 Å². The first-order chi connectivity index (χ1) is 9.24. The molecule has 1 unspecified atom stereocenters. The second kappa shape index (κ2) is 3.67. The van der Waals surface area contributed by atoms with Gasteiger partial charge in [0.05, 0.1) is 5.71 Å². The van der Waals surface area contributed by atoms with E-state index in [0.717, 1.165) is 5.70 Å². The molecule has 1 atom stereocenters. The highest BCUT2D eigenvalue weighted by Crippen LogP contribution is 2.42. The van der Waals surface area contributed by atoms with Gasteiger partial charge in [-0.15, -0.1) is 0 Å². The zero-order valence-corrected chi connectivity index (χ0v) is 11.1. The summed E-state index contributed by atoms with van der Waals surface area (Å²) >= 11 is 0. The van der Waals surface area contributed by atoms with Crippen molar-refractivity contribution in [3.05, 3.63) is 76.0 Å². The van der Waals surface area contributed by atoms with Gasteiger partial charge in [-0.3, -0.25) is 4.99 Å². The number of allylic oxidation sites excluding steroid dienone is 7. The van der Waals surface area contributed by atoms with E-state index < -0.39 is 0 Å². The molecular weight excluding hydrogens is 230 g/mol. The Hall–Kier alpha value is -2.15. The smallest absolute Gasteiger partial charge is 0.0738 e. The molecule has 1 aliphatic heterocycles. The molecule has 4 rings (SSSR count). The number of nitrogens with zero attached hydrogens (tertiary/aromatic N) is 1. The fourth-order valence-electron chi connectivity index (χ4n) is 3.22. The van der Waals surface area contributed by atoms with Gasteiger partial charge < -0.3 is 0 Å². The molecule has 1 aromatic carbocycles. The van der Waals surface area contributed by atoms with E-state index in [4.69, 9.17) is 0 Å². The van der Waals surface area contributed by atoms with Crippen molar-refractivity contribution < 1.29 is 0 Å². The van der Waals surface area contributed by atoms with Crippen molar-refractivity contribution in [3.63, 3.8) is 0 Å². The van der Waals surface area contributed by atoms with Crippen molar-refractivity contribution in [1.82, 2.24) is 0 Å². The zero-order valence-electron chi connectivity index (χ0n) is 11.1. The molecular formula is C18H15N. The Balaban J connectivity index is 1.88. The Morgan fingerprint density at radius 2 is 1.89 bits per heavy atom. The summed E-state index contributed by atoms with van der Waals surface area (Å²) in [4.78, 5) is 4.64. The predicted molar refractivity (Wildman–Crippen MR) is 80.2 cm³/mol. The van der Waals surface area contributed by atoms with Crippen LogP contribution < -0.4 is 0 Å². The first kappa shape index (κ1) is 10.7. The summed E-state index contributed by atoms with van der Waals surface area (Å²) in [6.07, 6.45) is 9.05. The van der Waals surface area contributed by atoms with E-state index in [1.54, 1.807) is 0 Å². The number of benzene rings is 1. The largest absolute Gasteiger partial charge is 0.253 e. The zero-order chi connectivity index (χ0) is 13.0. The molecule has 1 nitrogen and oxygen atoms in total. The van der Waals surface area contributed by atoms with Crippen LogP contribution in [-0.4, -0.2) is 5.71 Å². The minimum atomic E-state index is 0.385. The van der Waals surface area contributed by atoms with Crippen LogP contribution in [0.3, 0.4) is 0 Å². The third-order valence-corrected chi connectivity index (χ3v) is 4.09. The Morgan fingerprint density at radius 3 is 2.79 bits per heavy atom. The van der Waals surface area contributed by atoms with Gasteiger partial charge in [-0.05, 0) is 42.2 Å². The molecule has 0 aromatic heterocycles. The minimum absolute atomic E-state index is 0.385. The van der Waals surface area contributed by atoms with Crippen LogP contribution in [0.15, 0.2) is 69.9 Å². The van der Waals surface area contributed by atoms with Crippen molar-refractivity contribution >= 4 is 11.8 Å². The predicted octanol–water partition coefficient (Wildman–Crippen LogP) is 4.41. The third-order valence-electron chi connectivity index (χ3n) is 4.09. The molecule has 0 amide bonds. The number of fused-ring (bicyclic) bond motifs is 2. The molecule has 0 radical (unpaired) electrons. The quantitative estimate of drug-likeness (QED) is 0.695. The Kier molecular flexibility index (Phi) is 2.08. The lowest BCUT2D eigenvalue weighted by Gasteiger charge is -2.12. The first-order valence-electron chi connectivity index (χ1n) is 6.71. The van der Waals surface area contributed by atoms with Crippen molar-refractivity contribution in [1.29, 1.82) is 0 Å². The van der Waals surface area contributed by atoms with Gasteiger partial charge in [-0.1, -0.05) is 42.5 Å². The van der Waals surface area contributed by atoms with Crippen LogP contribution >= 0.6 is 0 Å². The molecule has 1 heteroatoms. The second-order valence-electron chi connectivity index (χ2n) is 5.41. The molecule has 0 bridgehead atoms. The van der Waals surface area contributed by atoms with Crippen LogP contribution in [0, 0.1) is 0 Å². The highest BCUT2D eigenvalue weighted by atomic mass is 14.8. The highest BCUT2D eigenvalue weighted by Gasteiger charge is 2.29. The van der Waals surface area contributed by atoms with E-state index in [2.05, 4.69) is 67.4 Å². The highest BCUT2D eigenvalue weighted by molar-refractivity contribution is 6.19. The van der Waals surface area contributed by atoms with E-state index >= 15 is 0 Å². The SMILES string of the molecule is CC1=CC2=C(C3C=Cc4ccccc43)C=C(C)C2=N1. The van der Waals surface area contributed by atoms with E-state index in [1.165, 1.54) is 33.6 Å². The molecule has 2 aliphatic carbocycles. The summed E-state index contributed by atoms with van der Waals surface area (Å²) in [6, 6.07) is 8.65. The van der Waals surface area contributed by atoms with E-state index in [1.807, 2.05) is 0 Å². The molecule has 0 N–H and O–H groups in total. The van der Waals surface area contributed by atoms with Gasteiger partial charge in [0.15, 0.2) is 0 Å². The summed E-state index contributed by atoms with van der Waals surface area (Å²) in [7, 11) is 0. The van der Waals surface area contributed by atoms with Crippen LogP contribution in [0.2, 0.25) is 0 Å². The van der Waals surface area contributed by atoms with Crippen molar-refractivity contribution in [3.8, 4) is 0 Å². The average molecular weight is 245 g/mol. The standard InChI is InChI=1S/C18H15N/c1-11-9-16(17-10-12(2)19-18(11)17)15-8-7-13-5-3-4-6-14(13)15/h3-10,15H,1-2H3. The summed E-state index contributed by atoms with van der Waals surface area (Å²) in [6.45, 7) is 4.23. The molecule has 19 heavy (non-hydrogen) atoms. The first-order valence-corrected chi connectivity index (χ1v) is 6.71. The number of hydrogen-bond donors (Lipinski definition) is 0. The normalized spacial score (nSPS) is 23.3. The van der Waals surface area contributed by atoms with Gasteiger partial charge in [0.25, 0.3) is 0 Å². The van der Waals surface area contributed by atoms with Crippen molar-refractivity contribution in [2.45, 2.75) is 19.8 Å². The van der Waals surface area contributed by atoms with Crippen LogP contribution in [0.25, 0.3) is 6.08 Å². The van der Waals surface area contributed by atoms with E-state index in [0.29, 0.717) is 5.92 Å². The van der Waals surface area contributed by atoms with E-state index in [9.17, 15) is 0 Å². The lowest BCUT2D eigenvalue weighted by molar-refractivity contribution is 1.05. The van der Waals surface area contributed by atoms with Crippen LogP contribution in [-0.2, 0) is 0 Å². The van der Waals surface area contributed by atoms with E-state index in [-0.39, 0.29) is 0 Å². The number of aliphatic imine (C=N–C) groups is 1. The van der Waals surface area contributed by atoms with Crippen molar-refractivity contribution in [2.24, 2.45) is 4.99 Å². The Morgan fingerprint density at radius 1 is 1.05 bits per heavy atom. The average Bonchev–Trinajstić information content (AvgIpc) is 3.05. The van der Waals surface area contributed by atoms with Gasteiger partial charge in [0, 0.05) is 17.2 Å². The molecule has 1 heterocycles. The van der Waals surface area contributed by atoms with Gasteiger partial charge in [-0.2, -0.15) is 0 Å². The van der Waals surface area contributed by atoms with Gasteiger partial charge in [0.2, 0.25) is 0 Å². The topological polar surface area (TPSA) is 12.4 Å². The second-order valence-corrected chi connectivity index (χ2v) is 5.41. The third kappa shape index (κ3) is 1.45. The molecule has 0 fully saturated rings. The minimum Gasteiger partial charge on any atom is -0.253 e. The molecule has 3 aliphatic rings. The van der Waals surface area contributed by atoms with Gasteiger partial charge in [-0.25, -0.2) is 0 Å². The molecule has 92 valence electrons. The molecule has 0 saturated carbocycles. The fraction of sp³-hybridized carbons (Fsp3) is 0.167. The lowest BCUT2D eigenvalue weighted by Crippen LogP contribution is -1.99. The maximum Gasteiger partial charge on any atom is 0.0738 e. The number of rotatable bonds is 1. The molecule has 1 aromatic rings. The van der Waals surface area contributed by atoms with Crippen molar-refractivity contribution in [2.75, 3.05) is 0 Å². The monoisotopic (exact) mass is 245 g/mol. The number of hydrogen-bond acceptors (Lipinski definition) is 1. The summed E-state index contributed by atoms with van der Waals surface area (Å²) in [5, 5.41) is 0. The Bertz CT molecular complexity index is 739. The lowest BCUT2D eigenvalue weighted by atomic mass is 9.91. The summed E-state index contributed by atoms with van der Waals surface area (Å²) in [5.41, 5.74) is 9.05. The maximum absolute atomic E-state index is 4.64. The Labute approximate surface area is 113 Å². The molecule has 0 saturated heterocycles. The van der Waals surface area contributed by atoms with Gasteiger partial charge in [0.1, 0.15) is 0 Å². The van der Waals surface area contributed by atoms with Crippen LogP contribution in [0.5, 0.6) is 0 Å². The fourth-order valence-corrected chi connectivity index (χ4v) is 3.22. The van der Waals surface area contributed by atoms with Crippen LogP contribution in [0.1, 0.15) is 30.9 Å². The summed E-state index contributed by atoms with van der Waals surface area (Å²) < 4.78 is 0. The van der Waals surface area contributed by atoms with Gasteiger partial charge >= 0.3 is 0 Å². The summed E-state index contributed by atoms with van der Waals surface area (Å²) in [5.74, 6) is 0.385. The maximum atomic E-state index is 4.64. The molecule has 0 spiro atoms.